The lowest BCUT2D eigenvalue weighted by Gasteiger charge is -2.11. The van der Waals surface area contributed by atoms with Crippen LogP contribution in [0.5, 0.6) is 5.75 Å². The molecule has 8 heteroatoms. The zero-order valence-electron chi connectivity index (χ0n) is 15.3. The first-order chi connectivity index (χ1) is 12.6. The van der Waals surface area contributed by atoms with Crippen LogP contribution in [0, 0.1) is 0 Å². The first-order valence-corrected chi connectivity index (χ1v) is 9.24. The van der Waals surface area contributed by atoms with Crippen molar-refractivity contribution in [2.75, 3.05) is 20.7 Å². The van der Waals surface area contributed by atoms with Crippen LogP contribution in [0.1, 0.15) is 22.4 Å². The van der Waals surface area contributed by atoms with Crippen molar-refractivity contribution in [3.05, 3.63) is 45.9 Å². The predicted molar refractivity (Wildman–Crippen MR) is 105 cm³/mol. The van der Waals surface area contributed by atoms with Crippen molar-refractivity contribution in [3.63, 3.8) is 0 Å². The van der Waals surface area contributed by atoms with E-state index >= 15 is 0 Å². The molecular weight excluding hydrogens is 350 g/mol. The van der Waals surface area contributed by atoms with Crippen LogP contribution in [0.15, 0.2) is 35.5 Å². The molecule has 7 nitrogen and oxygen atoms in total. The van der Waals surface area contributed by atoms with E-state index in [1.807, 2.05) is 30.5 Å². The summed E-state index contributed by atoms with van der Waals surface area (Å²) in [5.74, 6) is 1.26. The minimum absolute atomic E-state index is 0.105. The highest BCUT2D eigenvalue weighted by Gasteiger charge is 2.05. The van der Waals surface area contributed by atoms with Crippen LogP contribution in [-0.4, -0.2) is 37.6 Å². The predicted octanol–water partition coefficient (Wildman–Crippen LogP) is 1.70. The van der Waals surface area contributed by atoms with E-state index in [2.05, 4.69) is 32.9 Å². The van der Waals surface area contributed by atoms with Gasteiger partial charge in [-0.15, -0.1) is 11.3 Å². The lowest BCUT2D eigenvalue weighted by Crippen LogP contribution is -2.42. The van der Waals surface area contributed by atoms with Crippen LogP contribution in [0.3, 0.4) is 0 Å². The number of hydrogen-bond donors (Lipinski definition) is 3. The summed E-state index contributed by atoms with van der Waals surface area (Å²) in [4.78, 5) is 21.7. The van der Waals surface area contributed by atoms with Crippen LogP contribution in [0.4, 0.5) is 0 Å². The number of aryl methyl sites for hydroxylation is 1. The number of aromatic nitrogens is 1. The first kappa shape index (κ1) is 19.7. The van der Waals surface area contributed by atoms with E-state index in [0.29, 0.717) is 19.0 Å². The molecule has 0 aliphatic rings. The van der Waals surface area contributed by atoms with Gasteiger partial charge in [-0.3, -0.25) is 9.79 Å². The lowest BCUT2D eigenvalue weighted by atomic mass is 10.2. The van der Waals surface area contributed by atoms with E-state index in [4.69, 9.17) is 4.74 Å². The number of carbonyl (C=O) groups excluding carboxylic acids is 1. The molecule has 0 aliphatic heterocycles. The fourth-order valence-corrected chi connectivity index (χ4v) is 2.95. The Morgan fingerprint density at radius 2 is 1.96 bits per heavy atom. The molecule has 1 heterocycles. The maximum Gasteiger partial charge on any atom is 0.239 e. The summed E-state index contributed by atoms with van der Waals surface area (Å²) in [6.45, 7) is 3.30. The minimum Gasteiger partial charge on any atom is -0.497 e. The zero-order valence-corrected chi connectivity index (χ0v) is 16.2. The van der Waals surface area contributed by atoms with Gasteiger partial charge in [-0.05, 0) is 24.1 Å². The molecule has 0 spiro atoms. The average molecular weight is 375 g/mol. The molecule has 1 aromatic carbocycles. The maximum atomic E-state index is 12.0. The van der Waals surface area contributed by atoms with Gasteiger partial charge in [-0.1, -0.05) is 19.1 Å². The van der Waals surface area contributed by atoms with Crippen molar-refractivity contribution in [2.45, 2.75) is 26.4 Å². The van der Waals surface area contributed by atoms with Crippen molar-refractivity contribution >= 4 is 23.2 Å². The number of hydrogen-bond acceptors (Lipinski definition) is 5. The fraction of sp³-hybridized carbons (Fsp3) is 0.389. The molecule has 140 valence electrons. The summed E-state index contributed by atoms with van der Waals surface area (Å²) < 4.78 is 5.11. The van der Waals surface area contributed by atoms with Crippen molar-refractivity contribution in [2.24, 2.45) is 4.99 Å². The smallest absolute Gasteiger partial charge is 0.239 e. The SMILES string of the molecule is CCc1cnc(CNC(=NC)NCC(=O)NCc2ccc(OC)cc2)s1. The number of methoxy groups -OCH3 is 1. The summed E-state index contributed by atoms with van der Waals surface area (Å²) >= 11 is 1.67. The molecule has 0 saturated carbocycles. The molecule has 2 aromatic rings. The van der Waals surface area contributed by atoms with E-state index in [9.17, 15) is 4.79 Å². The number of carbonyl (C=O) groups is 1. The van der Waals surface area contributed by atoms with Crippen molar-refractivity contribution in [1.82, 2.24) is 20.9 Å². The standard InChI is InChI=1S/C18H25N5O2S/c1-4-15-10-21-17(26-15)12-23-18(19-2)22-11-16(24)20-9-13-5-7-14(25-3)8-6-13/h5-8,10H,4,9,11-12H2,1-3H3,(H,20,24)(H2,19,22,23). The third kappa shape index (κ3) is 6.36. The van der Waals surface area contributed by atoms with Crippen molar-refractivity contribution in [1.29, 1.82) is 0 Å². The van der Waals surface area contributed by atoms with E-state index in [1.165, 1.54) is 4.88 Å². The molecule has 2 rings (SSSR count). The molecule has 0 unspecified atom stereocenters. The molecule has 0 atom stereocenters. The van der Waals surface area contributed by atoms with Gasteiger partial charge in [0.25, 0.3) is 0 Å². The van der Waals surface area contributed by atoms with Crippen molar-refractivity contribution in [3.8, 4) is 5.75 Å². The number of amides is 1. The number of rotatable bonds is 8. The highest BCUT2D eigenvalue weighted by Crippen LogP contribution is 2.12. The first-order valence-electron chi connectivity index (χ1n) is 8.42. The number of thiazole rings is 1. The largest absolute Gasteiger partial charge is 0.497 e. The Morgan fingerprint density at radius 1 is 1.19 bits per heavy atom. The summed E-state index contributed by atoms with van der Waals surface area (Å²) in [5, 5.41) is 10.0. The van der Waals surface area contributed by atoms with E-state index in [1.54, 1.807) is 25.5 Å². The molecular formula is C18H25N5O2S. The van der Waals surface area contributed by atoms with Gasteiger partial charge in [0.15, 0.2) is 5.96 Å². The van der Waals surface area contributed by atoms with Gasteiger partial charge in [0.1, 0.15) is 10.8 Å². The third-order valence-electron chi connectivity index (χ3n) is 3.65. The van der Waals surface area contributed by atoms with Gasteiger partial charge < -0.3 is 20.7 Å². The summed E-state index contributed by atoms with van der Waals surface area (Å²) in [5.41, 5.74) is 1.01. The van der Waals surface area contributed by atoms with Crippen LogP contribution in [-0.2, 0) is 24.3 Å². The van der Waals surface area contributed by atoms with E-state index in [-0.39, 0.29) is 12.5 Å². The number of benzene rings is 1. The number of aliphatic imine (C=N–C) groups is 1. The van der Waals surface area contributed by atoms with Gasteiger partial charge in [-0.25, -0.2) is 4.98 Å². The zero-order chi connectivity index (χ0) is 18.8. The van der Waals surface area contributed by atoms with Gasteiger partial charge >= 0.3 is 0 Å². The highest BCUT2D eigenvalue weighted by atomic mass is 32.1. The molecule has 1 aromatic heterocycles. The van der Waals surface area contributed by atoms with E-state index in [0.717, 1.165) is 22.7 Å². The number of nitrogens with one attached hydrogen (secondary N) is 3. The molecule has 0 fully saturated rings. The second-order valence-corrected chi connectivity index (χ2v) is 6.68. The summed E-state index contributed by atoms with van der Waals surface area (Å²) in [6, 6.07) is 7.58. The second-order valence-electron chi connectivity index (χ2n) is 5.48. The Hall–Kier alpha value is -2.61. The van der Waals surface area contributed by atoms with Gasteiger partial charge in [0.2, 0.25) is 5.91 Å². The number of ether oxygens (including phenoxy) is 1. The fourth-order valence-electron chi connectivity index (χ4n) is 2.14. The number of guanidine groups is 1. The monoisotopic (exact) mass is 375 g/mol. The topological polar surface area (TPSA) is 87.6 Å². The normalized spacial score (nSPS) is 11.1. The summed E-state index contributed by atoms with van der Waals surface area (Å²) in [7, 11) is 3.30. The molecule has 0 bridgehead atoms. The Bertz CT molecular complexity index is 727. The van der Waals surface area contributed by atoms with Gasteiger partial charge in [0, 0.05) is 24.7 Å². The Kier molecular flexibility index (Phi) is 7.88. The maximum absolute atomic E-state index is 12.0. The molecule has 0 aliphatic carbocycles. The van der Waals surface area contributed by atoms with Crippen molar-refractivity contribution < 1.29 is 9.53 Å². The second kappa shape index (κ2) is 10.4. The van der Waals surface area contributed by atoms with Crippen LogP contribution in [0.2, 0.25) is 0 Å². The molecule has 26 heavy (non-hydrogen) atoms. The quantitative estimate of drug-likeness (QED) is 0.483. The van der Waals surface area contributed by atoms with Crippen LogP contribution < -0.4 is 20.7 Å². The lowest BCUT2D eigenvalue weighted by molar-refractivity contribution is -0.120. The summed E-state index contributed by atoms with van der Waals surface area (Å²) in [6.07, 6.45) is 2.88. The Balaban J connectivity index is 1.70. The molecule has 0 radical (unpaired) electrons. The molecule has 0 saturated heterocycles. The average Bonchev–Trinajstić information content (AvgIpc) is 3.15. The van der Waals surface area contributed by atoms with Gasteiger partial charge in [0.05, 0.1) is 20.2 Å². The van der Waals surface area contributed by atoms with Gasteiger partial charge in [-0.2, -0.15) is 0 Å². The molecule has 3 N–H and O–H groups in total. The van der Waals surface area contributed by atoms with E-state index < -0.39 is 0 Å². The van der Waals surface area contributed by atoms with Crippen LogP contribution in [0.25, 0.3) is 0 Å². The number of nitrogens with zero attached hydrogens (tertiary/aromatic N) is 2. The minimum atomic E-state index is -0.105. The Morgan fingerprint density at radius 3 is 2.58 bits per heavy atom. The Labute approximate surface area is 157 Å². The highest BCUT2D eigenvalue weighted by molar-refractivity contribution is 7.11. The third-order valence-corrected chi connectivity index (χ3v) is 4.79. The van der Waals surface area contributed by atoms with Crippen LogP contribution >= 0.6 is 11.3 Å². The molecule has 1 amide bonds.